The van der Waals surface area contributed by atoms with Crippen LogP contribution in [0, 0.1) is 18.6 Å². The Morgan fingerprint density at radius 3 is 2.71 bits per heavy atom. The van der Waals surface area contributed by atoms with Gasteiger partial charge in [-0.25, -0.2) is 18.7 Å². The van der Waals surface area contributed by atoms with Gasteiger partial charge in [0.05, 0.1) is 11.3 Å². The Kier molecular flexibility index (Phi) is 5.99. The van der Waals surface area contributed by atoms with Crippen molar-refractivity contribution < 1.29 is 13.6 Å². The standard InChI is InChI=1S/C23H18F2N4OS/c1-14-20(12-15-6-2-3-10-19(15)25)31-23(27-14)29-22(30)18-9-5-11-26-21(18)28-17-8-4-7-16(24)13-17/h2-11,13H,12H2,1H3,(H,26,28)(H,27,29,30). The lowest BCUT2D eigenvalue weighted by Gasteiger charge is -2.10. The van der Waals surface area contributed by atoms with Crippen LogP contribution < -0.4 is 10.6 Å². The molecule has 4 aromatic rings. The van der Waals surface area contributed by atoms with Crippen molar-refractivity contribution in [3.8, 4) is 0 Å². The van der Waals surface area contributed by atoms with Gasteiger partial charge in [-0.05, 0) is 48.9 Å². The minimum Gasteiger partial charge on any atom is -0.339 e. The van der Waals surface area contributed by atoms with Gasteiger partial charge in [-0.3, -0.25) is 10.1 Å². The summed E-state index contributed by atoms with van der Waals surface area (Å²) in [5.74, 6) is -0.777. The highest BCUT2D eigenvalue weighted by Gasteiger charge is 2.17. The summed E-state index contributed by atoms with van der Waals surface area (Å²) < 4.78 is 27.4. The molecule has 2 heterocycles. The van der Waals surface area contributed by atoms with Gasteiger partial charge in [0.1, 0.15) is 17.5 Å². The predicted octanol–water partition coefficient (Wildman–Crippen LogP) is 5.71. The number of anilines is 3. The molecule has 0 atom stereocenters. The number of pyridine rings is 1. The van der Waals surface area contributed by atoms with E-state index in [9.17, 15) is 13.6 Å². The number of hydrogen-bond donors (Lipinski definition) is 2. The van der Waals surface area contributed by atoms with Crippen molar-refractivity contribution in [3.05, 3.63) is 100 Å². The lowest BCUT2D eigenvalue weighted by molar-refractivity contribution is 0.102. The van der Waals surface area contributed by atoms with Crippen molar-refractivity contribution in [2.75, 3.05) is 10.6 Å². The number of rotatable bonds is 6. The van der Waals surface area contributed by atoms with Crippen LogP contribution in [0.3, 0.4) is 0 Å². The summed E-state index contributed by atoms with van der Waals surface area (Å²) in [5.41, 5.74) is 2.06. The molecule has 0 bridgehead atoms. The fraction of sp³-hybridized carbons (Fsp3) is 0.0870. The molecule has 156 valence electrons. The number of nitrogens with zero attached hydrogens (tertiary/aromatic N) is 2. The van der Waals surface area contributed by atoms with E-state index in [-0.39, 0.29) is 11.4 Å². The van der Waals surface area contributed by atoms with Gasteiger partial charge < -0.3 is 5.32 Å². The van der Waals surface area contributed by atoms with Gasteiger partial charge in [0, 0.05) is 23.2 Å². The first-order chi connectivity index (χ1) is 15.0. The number of halogens is 2. The van der Waals surface area contributed by atoms with Crippen molar-refractivity contribution in [1.82, 2.24) is 9.97 Å². The van der Waals surface area contributed by atoms with Crippen molar-refractivity contribution in [2.45, 2.75) is 13.3 Å². The smallest absolute Gasteiger partial charge is 0.261 e. The molecular weight excluding hydrogens is 418 g/mol. The van der Waals surface area contributed by atoms with Crippen LogP contribution in [0.5, 0.6) is 0 Å². The molecule has 0 radical (unpaired) electrons. The molecule has 0 aliphatic carbocycles. The summed E-state index contributed by atoms with van der Waals surface area (Å²) >= 11 is 1.30. The number of benzene rings is 2. The van der Waals surface area contributed by atoms with Crippen molar-refractivity contribution >= 4 is 33.9 Å². The van der Waals surface area contributed by atoms with Crippen LogP contribution in [0.2, 0.25) is 0 Å². The predicted molar refractivity (Wildman–Crippen MR) is 118 cm³/mol. The number of aromatic nitrogens is 2. The van der Waals surface area contributed by atoms with E-state index in [1.165, 1.54) is 29.5 Å². The number of nitrogens with one attached hydrogen (secondary N) is 2. The van der Waals surface area contributed by atoms with Gasteiger partial charge in [0.2, 0.25) is 0 Å². The zero-order valence-corrected chi connectivity index (χ0v) is 17.3. The summed E-state index contributed by atoms with van der Waals surface area (Å²) in [5, 5.41) is 6.15. The number of hydrogen-bond acceptors (Lipinski definition) is 5. The second-order valence-electron chi connectivity index (χ2n) is 6.78. The number of carbonyl (C=O) groups excluding carboxylic acids is 1. The van der Waals surface area contributed by atoms with E-state index in [1.54, 1.807) is 48.7 Å². The summed E-state index contributed by atoms with van der Waals surface area (Å²) in [6, 6.07) is 15.7. The average molecular weight is 436 g/mol. The topological polar surface area (TPSA) is 66.9 Å². The maximum atomic E-state index is 14.0. The molecule has 0 saturated heterocycles. The Balaban J connectivity index is 1.52. The Morgan fingerprint density at radius 2 is 1.90 bits per heavy atom. The zero-order chi connectivity index (χ0) is 21.8. The molecule has 31 heavy (non-hydrogen) atoms. The van der Waals surface area contributed by atoms with E-state index >= 15 is 0 Å². The van der Waals surface area contributed by atoms with Gasteiger partial charge in [0.25, 0.3) is 5.91 Å². The Morgan fingerprint density at radius 1 is 1.06 bits per heavy atom. The van der Waals surface area contributed by atoms with Gasteiger partial charge in [-0.2, -0.15) is 0 Å². The Hall–Kier alpha value is -3.65. The first kappa shape index (κ1) is 20.6. The van der Waals surface area contributed by atoms with Crippen LogP contribution >= 0.6 is 11.3 Å². The van der Waals surface area contributed by atoms with Gasteiger partial charge in [0.15, 0.2) is 5.13 Å². The van der Waals surface area contributed by atoms with Crippen LogP contribution in [-0.4, -0.2) is 15.9 Å². The lowest BCUT2D eigenvalue weighted by atomic mass is 10.1. The Labute approximate surface area is 181 Å². The second-order valence-corrected chi connectivity index (χ2v) is 7.87. The fourth-order valence-electron chi connectivity index (χ4n) is 3.02. The van der Waals surface area contributed by atoms with E-state index in [0.717, 1.165) is 10.6 Å². The van der Waals surface area contributed by atoms with E-state index < -0.39 is 11.7 Å². The third-order valence-electron chi connectivity index (χ3n) is 4.56. The highest BCUT2D eigenvalue weighted by atomic mass is 32.1. The molecular formula is C23H18F2N4OS. The molecule has 8 heteroatoms. The Bertz CT molecular complexity index is 1240. The fourth-order valence-corrected chi connectivity index (χ4v) is 4.00. The van der Waals surface area contributed by atoms with Crippen LogP contribution in [0.4, 0.5) is 25.4 Å². The van der Waals surface area contributed by atoms with E-state index in [1.807, 2.05) is 6.92 Å². The highest BCUT2D eigenvalue weighted by Crippen LogP contribution is 2.27. The summed E-state index contributed by atoms with van der Waals surface area (Å²) in [6.07, 6.45) is 1.93. The van der Waals surface area contributed by atoms with E-state index in [2.05, 4.69) is 20.6 Å². The SMILES string of the molecule is Cc1nc(NC(=O)c2cccnc2Nc2cccc(F)c2)sc1Cc1ccccc1F. The third-order valence-corrected chi connectivity index (χ3v) is 5.63. The maximum Gasteiger partial charge on any atom is 0.261 e. The molecule has 0 saturated carbocycles. The van der Waals surface area contributed by atoms with E-state index in [4.69, 9.17) is 0 Å². The van der Waals surface area contributed by atoms with Crippen LogP contribution in [0.15, 0.2) is 66.9 Å². The van der Waals surface area contributed by atoms with Crippen LogP contribution in [0.1, 0.15) is 26.5 Å². The summed E-state index contributed by atoms with van der Waals surface area (Å²) in [7, 11) is 0. The molecule has 2 aromatic carbocycles. The summed E-state index contributed by atoms with van der Waals surface area (Å²) in [4.78, 5) is 22.3. The zero-order valence-electron chi connectivity index (χ0n) is 16.5. The monoisotopic (exact) mass is 436 g/mol. The number of amides is 1. The molecule has 4 rings (SSSR count). The number of carbonyl (C=O) groups is 1. The maximum absolute atomic E-state index is 14.0. The van der Waals surface area contributed by atoms with Crippen LogP contribution in [-0.2, 0) is 6.42 Å². The molecule has 0 aliphatic heterocycles. The van der Waals surface area contributed by atoms with Crippen molar-refractivity contribution in [3.63, 3.8) is 0 Å². The van der Waals surface area contributed by atoms with Crippen LogP contribution in [0.25, 0.3) is 0 Å². The molecule has 0 aliphatic rings. The molecule has 2 aromatic heterocycles. The first-order valence-electron chi connectivity index (χ1n) is 9.48. The summed E-state index contributed by atoms with van der Waals surface area (Å²) in [6.45, 7) is 1.82. The van der Waals surface area contributed by atoms with Crippen molar-refractivity contribution in [1.29, 1.82) is 0 Å². The molecule has 2 N–H and O–H groups in total. The molecule has 0 spiro atoms. The lowest BCUT2D eigenvalue weighted by Crippen LogP contribution is -2.14. The largest absolute Gasteiger partial charge is 0.339 e. The minimum atomic E-state index is -0.404. The minimum absolute atomic E-state index is 0.274. The number of aryl methyl sites for hydroxylation is 1. The van der Waals surface area contributed by atoms with Crippen molar-refractivity contribution in [2.24, 2.45) is 0 Å². The molecule has 0 unspecified atom stereocenters. The van der Waals surface area contributed by atoms with Gasteiger partial charge in [-0.15, -0.1) is 11.3 Å². The highest BCUT2D eigenvalue weighted by molar-refractivity contribution is 7.15. The van der Waals surface area contributed by atoms with E-state index in [0.29, 0.717) is 28.6 Å². The average Bonchev–Trinajstić information content (AvgIpc) is 3.08. The third kappa shape index (κ3) is 4.92. The van der Waals surface area contributed by atoms with Gasteiger partial charge >= 0.3 is 0 Å². The second kappa shape index (κ2) is 9.01. The quantitative estimate of drug-likeness (QED) is 0.406. The molecule has 5 nitrogen and oxygen atoms in total. The first-order valence-corrected chi connectivity index (χ1v) is 10.3. The molecule has 0 fully saturated rings. The number of thiazole rings is 1. The molecule has 1 amide bonds. The normalized spacial score (nSPS) is 10.7. The van der Waals surface area contributed by atoms with Gasteiger partial charge in [-0.1, -0.05) is 24.3 Å².